The Kier molecular flexibility index (Phi) is 2.54. The maximum absolute atomic E-state index is 9.64. The van der Waals surface area contributed by atoms with Crippen molar-refractivity contribution in [2.75, 3.05) is 18.0 Å². The molecule has 1 atom stereocenters. The number of hydrogen-bond donors (Lipinski definition) is 2. The highest BCUT2D eigenvalue weighted by molar-refractivity contribution is 5.52. The van der Waals surface area contributed by atoms with Gasteiger partial charge in [-0.2, -0.15) is 0 Å². The average Bonchev–Trinajstić information content (AvgIpc) is 2.66. The molecule has 1 aromatic heterocycles. The van der Waals surface area contributed by atoms with Crippen molar-refractivity contribution in [3.63, 3.8) is 0 Å². The van der Waals surface area contributed by atoms with Crippen LogP contribution < -0.4 is 10.6 Å². The molecule has 4 heteroatoms. The Hall–Kier alpha value is -1.29. The van der Waals surface area contributed by atoms with Crippen LogP contribution in [0.1, 0.15) is 12.8 Å². The molecule has 0 unspecified atom stereocenters. The largest absolute Gasteiger partial charge is 0.504 e. The van der Waals surface area contributed by atoms with E-state index in [9.17, 15) is 5.11 Å². The first kappa shape index (κ1) is 9.27. The van der Waals surface area contributed by atoms with Gasteiger partial charge in [0.05, 0.1) is 0 Å². The standard InChI is InChI=1S/C10H15N3O/c11-7-8-3-2-6-13(8)10-9(14)4-1-5-12-10/h1,4-5,8,14H,2-3,6-7,11H2/t8-/m0/s1. The first-order chi connectivity index (χ1) is 6.83. The molecule has 3 N–H and O–H groups in total. The second-order valence-corrected chi connectivity index (χ2v) is 3.57. The summed E-state index contributed by atoms with van der Waals surface area (Å²) in [6.07, 6.45) is 3.91. The van der Waals surface area contributed by atoms with Crippen molar-refractivity contribution < 1.29 is 5.11 Å². The molecule has 0 aromatic carbocycles. The molecule has 76 valence electrons. The van der Waals surface area contributed by atoms with Gasteiger partial charge in [0.15, 0.2) is 11.6 Å². The smallest absolute Gasteiger partial charge is 0.171 e. The topological polar surface area (TPSA) is 62.4 Å². The van der Waals surface area contributed by atoms with Gasteiger partial charge in [0.25, 0.3) is 0 Å². The summed E-state index contributed by atoms with van der Waals surface area (Å²) in [5.74, 6) is 0.910. The normalized spacial score (nSPS) is 21.5. The fourth-order valence-electron chi connectivity index (χ4n) is 1.97. The van der Waals surface area contributed by atoms with Crippen LogP contribution in [-0.4, -0.2) is 29.2 Å². The van der Waals surface area contributed by atoms with E-state index in [0.29, 0.717) is 18.4 Å². The van der Waals surface area contributed by atoms with Gasteiger partial charge in [0.1, 0.15) is 0 Å². The predicted octanol–water partition coefficient (Wildman–Crippen LogP) is 0.715. The summed E-state index contributed by atoms with van der Waals surface area (Å²) >= 11 is 0. The van der Waals surface area contributed by atoms with Gasteiger partial charge >= 0.3 is 0 Å². The van der Waals surface area contributed by atoms with Gasteiger partial charge in [-0.25, -0.2) is 4.98 Å². The molecule has 1 fully saturated rings. The number of aromatic hydroxyl groups is 1. The molecular weight excluding hydrogens is 178 g/mol. The number of rotatable bonds is 2. The molecule has 2 heterocycles. The molecule has 0 bridgehead atoms. The fourth-order valence-corrected chi connectivity index (χ4v) is 1.97. The first-order valence-corrected chi connectivity index (χ1v) is 4.93. The molecule has 4 nitrogen and oxygen atoms in total. The number of anilines is 1. The van der Waals surface area contributed by atoms with Gasteiger partial charge in [-0.1, -0.05) is 0 Å². The summed E-state index contributed by atoms with van der Waals surface area (Å²) in [6.45, 7) is 1.56. The molecule has 0 saturated carbocycles. The van der Waals surface area contributed by atoms with Crippen LogP contribution in [0.15, 0.2) is 18.3 Å². The van der Waals surface area contributed by atoms with E-state index in [0.717, 1.165) is 19.4 Å². The third kappa shape index (κ3) is 1.53. The Bertz CT molecular complexity index is 316. The Balaban J connectivity index is 2.26. The van der Waals surface area contributed by atoms with Crippen LogP contribution in [0.3, 0.4) is 0 Å². The quantitative estimate of drug-likeness (QED) is 0.726. The molecule has 1 aromatic rings. The SMILES string of the molecule is NC[C@@H]1CCCN1c1ncccc1O. The highest BCUT2D eigenvalue weighted by atomic mass is 16.3. The van der Waals surface area contributed by atoms with Crippen LogP contribution in [0, 0.1) is 0 Å². The van der Waals surface area contributed by atoms with Crippen molar-refractivity contribution in [2.24, 2.45) is 5.73 Å². The molecule has 2 rings (SSSR count). The zero-order valence-corrected chi connectivity index (χ0v) is 8.06. The molecule has 0 spiro atoms. The number of nitrogens with zero attached hydrogens (tertiary/aromatic N) is 2. The van der Waals surface area contributed by atoms with Gasteiger partial charge in [0.2, 0.25) is 0 Å². The highest BCUT2D eigenvalue weighted by Crippen LogP contribution is 2.29. The number of hydrogen-bond acceptors (Lipinski definition) is 4. The van der Waals surface area contributed by atoms with Crippen molar-refractivity contribution in [2.45, 2.75) is 18.9 Å². The maximum Gasteiger partial charge on any atom is 0.171 e. The lowest BCUT2D eigenvalue weighted by Crippen LogP contribution is -2.35. The van der Waals surface area contributed by atoms with Crippen molar-refractivity contribution in [1.29, 1.82) is 0 Å². The molecule has 0 radical (unpaired) electrons. The van der Waals surface area contributed by atoms with E-state index >= 15 is 0 Å². The Morgan fingerprint density at radius 3 is 3.21 bits per heavy atom. The number of pyridine rings is 1. The van der Waals surface area contributed by atoms with Gasteiger partial charge in [-0.15, -0.1) is 0 Å². The monoisotopic (exact) mass is 193 g/mol. The van der Waals surface area contributed by atoms with Gasteiger partial charge in [0, 0.05) is 25.3 Å². The zero-order valence-electron chi connectivity index (χ0n) is 8.06. The van der Waals surface area contributed by atoms with Crippen LogP contribution in [0.2, 0.25) is 0 Å². The summed E-state index contributed by atoms with van der Waals surface area (Å²) in [6, 6.07) is 3.72. The van der Waals surface area contributed by atoms with Crippen molar-refractivity contribution in [1.82, 2.24) is 4.98 Å². The van der Waals surface area contributed by atoms with Crippen LogP contribution in [0.4, 0.5) is 5.82 Å². The molecule has 14 heavy (non-hydrogen) atoms. The molecule has 1 aliphatic rings. The third-order valence-electron chi connectivity index (χ3n) is 2.69. The third-order valence-corrected chi connectivity index (χ3v) is 2.69. The zero-order chi connectivity index (χ0) is 9.97. The molecule has 0 amide bonds. The van der Waals surface area contributed by atoms with E-state index in [2.05, 4.69) is 9.88 Å². The number of nitrogens with two attached hydrogens (primary N) is 1. The van der Waals surface area contributed by atoms with E-state index in [1.807, 2.05) is 0 Å². The lowest BCUT2D eigenvalue weighted by atomic mass is 10.2. The molecule has 1 aliphatic heterocycles. The summed E-state index contributed by atoms with van der Waals surface area (Å²) in [4.78, 5) is 6.27. The van der Waals surface area contributed by atoms with E-state index < -0.39 is 0 Å². The van der Waals surface area contributed by atoms with E-state index in [1.165, 1.54) is 0 Å². The lowest BCUT2D eigenvalue weighted by molar-refractivity contribution is 0.469. The molecule has 1 saturated heterocycles. The fraction of sp³-hybridized carbons (Fsp3) is 0.500. The van der Waals surface area contributed by atoms with Gasteiger partial charge in [-0.05, 0) is 25.0 Å². The second kappa shape index (κ2) is 3.84. The van der Waals surface area contributed by atoms with Crippen molar-refractivity contribution in [3.05, 3.63) is 18.3 Å². The molecule has 0 aliphatic carbocycles. The second-order valence-electron chi connectivity index (χ2n) is 3.57. The minimum Gasteiger partial charge on any atom is -0.504 e. The van der Waals surface area contributed by atoms with E-state index in [4.69, 9.17) is 5.73 Å². The lowest BCUT2D eigenvalue weighted by Gasteiger charge is -2.24. The van der Waals surface area contributed by atoms with Gasteiger partial charge in [-0.3, -0.25) is 0 Å². The highest BCUT2D eigenvalue weighted by Gasteiger charge is 2.25. The van der Waals surface area contributed by atoms with Crippen LogP contribution in [0.25, 0.3) is 0 Å². The van der Waals surface area contributed by atoms with Crippen molar-refractivity contribution in [3.8, 4) is 5.75 Å². The first-order valence-electron chi connectivity index (χ1n) is 4.93. The summed E-state index contributed by atoms with van der Waals surface area (Å²) in [7, 11) is 0. The van der Waals surface area contributed by atoms with Crippen LogP contribution in [0.5, 0.6) is 5.75 Å². The maximum atomic E-state index is 9.64. The Morgan fingerprint density at radius 2 is 2.50 bits per heavy atom. The minimum atomic E-state index is 0.243. The predicted molar refractivity (Wildman–Crippen MR) is 55.3 cm³/mol. The molecular formula is C10H15N3O. The van der Waals surface area contributed by atoms with Gasteiger partial charge < -0.3 is 15.7 Å². The van der Waals surface area contributed by atoms with Crippen molar-refractivity contribution >= 4 is 5.82 Å². The summed E-state index contributed by atoms with van der Waals surface area (Å²) in [5.41, 5.74) is 5.66. The van der Waals surface area contributed by atoms with E-state index in [-0.39, 0.29) is 5.75 Å². The van der Waals surface area contributed by atoms with Crippen LogP contribution >= 0.6 is 0 Å². The Morgan fingerprint density at radius 1 is 1.64 bits per heavy atom. The summed E-state index contributed by atoms with van der Waals surface area (Å²) in [5, 5.41) is 9.64. The number of aromatic nitrogens is 1. The minimum absolute atomic E-state index is 0.243. The van der Waals surface area contributed by atoms with Crippen LogP contribution in [-0.2, 0) is 0 Å². The average molecular weight is 193 g/mol. The van der Waals surface area contributed by atoms with E-state index in [1.54, 1.807) is 18.3 Å². The summed E-state index contributed by atoms with van der Waals surface area (Å²) < 4.78 is 0. The Labute approximate surface area is 83.4 Å².